The molecule has 1 saturated carbocycles. The summed E-state index contributed by atoms with van der Waals surface area (Å²) in [6, 6.07) is 9.85. The summed E-state index contributed by atoms with van der Waals surface area (Å²) in [7, 11) is 0. The highest BCUT2D eigenvalue weighted by Crippen LogP contribution is 2.39. The van der Waals surface area contributed by atoms with Gasteiger partial charge in [0.2, 0.25) is 5.91 Å². The third-order valence-electron chi connectivity index (χ3n) is 5.38. The number of nitrogens with one attached hydrogen (secondary N) is 1. The molecule has 0 bridgehead atoms. The zero-order valence-corrected chi connectivity index (χ0v) is 17.1. The summed E-state index contributed by atoms with van der Waals surface area (Å²) in [6.45, 7) is 1.76. The number of fused-ring (bicyclic) bond motifs is 1. The van der Waals surface area contributed by atoms with Crippen LogP contribution in [0.5, 0.6) is 0 Å². The second-order valence-corrected chi connectivity index (χ2v) is 8.74. The topological polar surface area (TPSA) is 49.4 Å². The van der Waals surface area contributed by atoms with E-state index in [9.17, 15) is 22.8 Å². The molecule has 30 heavy (non-hydrogen) atoms. The number of hydrogen-bond acceptors (Lipinski definition) is 3. The van der Waals surface area contributed by atoms with E-state index in [0.717, 1.165) is 29.9 Å². The van der Waals surface area contributed by atoms with Gasteiger partial charge in [-0.15, -0.1) is 11.8 Å². The van der Waals surface area contributed by atoms with Crippen LogP contribution in [-0.2, 0) is 11.0 Å². The third-order valence-corrected chi connectivity index (χ3v) is 6.45. The van der Waals surface area contributed by atoms with Crippen LogP contribution in [0.15, 0.2) is 47.4 Å². The lowest BCUT2D eigenvalue weighted by Crippen LogP contribution is -2.35. The van der Waals surface area contributed by atoms with Crippen LogP contribution in [0.2, 0.25) is 0 Å². The maximum atomic E-state index is 13.4. The van der Waals surface area contributed by atoms with Crippen LogP contribution < -0.4 is 5.32 Å². The van der Waals surface area contributed by atoms with E-state index in [1.54, 1.807) is 41.8 Å². The van der Waals surface area contributed by atoms with Gasteiger partial charge in [-0.2, -0.15) is 13.2 Å². The van der Waals surface area contributed by atoms with Crippen molar-refractivity contribution in [2.75, 3.05) is 11.1 Å². The van der Waals surface area contributed by atoms with Gasteiger partial charge in [-0.25, -0.2) is 0 Å². The largest absolute Gasteiger partial charge is 0.416 e. The number of amides is 2. The van der Waals surface area contributed by atoms with Crippen molar-refractivity contribution in [1.82, 2.24) is 4.90 Å². The summed E-state index contributed by atoms with van der Waals surface area (Å²) in [6.07, 6.45) is -2.38. The van der Waals surface area contributed by atoms with Crippen molar-refractivity contribution in [3.63, 3.8) is 0 Å². The lowest BCUT2D eigenvalue weighted by atomic mass is 10.0. The maximum absolute atomic E-state index is 13.4. The molecule has 1 fully saturated rings. The number of thioether (sulfide) groups is 1. The molecular weight excluding hydrogens is 413 g/mol. The highest BCUT2D eigenvalue weighted by molar-refractivity contribution is 7.99. The second-order valence-electron chi connectivity index (χ2n) is 7.60. The normalized spacial score (nSPS) is 17.5. The summed E-state index contributed by atoms with van der Waals surface area (Å²) in [4.78, 5) is 27.8. The number of benzene rings is 2. The summed E-state index contributed by atoms with van der Waals surface area (Å²) < 4.78 is 39.4. The third kappa shape index (κ3) is 4.33. The zero-order chi connectivity index (χ0) is 21.5. The smallest absolute Gasteiger partial charge is 0.329 e. The standard InChI is InChI=1S/C22H21F3N2O2S/c1-13(14-3-2-4-16(11-14)22(23,24)25)27(17-6-7-17)21(29)15-5-8-19-18(12-15)26-20(28)9-10-30-19/h2-5,8,11-13,17H,6-7,9-10H2,1H3,(H,26,28)/t13-/m0/s1. The Morgan fingerprint density at radius 2 is 1.97 bits per heavy atom. The van der Waals surface area contributed by atoms with Gasteiger partial charge in [0.15, 0.2) is 0 Å². The van der Waals surface area contributed by atoms with E-state index < -0.39 is 17.8 Å². The van der Waals surface area contributed by atoms with Crippen molar-refractivity contribution in [1.29, 1.82) is 0 Å². The second kappa shape index (κ2) is 7.98. The summed E-state index contributed by atoms with van der Waals surface area (Å²) in [5.41, 5.74) is 0.751. The number of halogens is 3. The molecule has 2 aliphatic rings. The Morgan fingerprint density at radius 3 is 2.67 bits per heavy atom. The summed E-state index contributed by atoms with van der Waals surface area (Å²) in [5, 5.41) is 2.83. The average Bonchev–Trinajstić information content (AvgIpc) is 3.54. The van der Waals surface area contributed by atoms with Gasteiger partial charge >= 0.3 is 6.18 Å². The molecule has 1 aliphatic heterocycles. The first-order chi connectivity index (χ1) is 14.2. The Hall–Kier alpha value is -2.48. The number of nitrogens with zero attached hydrogens (tertiary/aromatic N) is 1. The molecular formula is C22H21F3N2O2S. The van der Waals surface area contributed by atoms with Crippen molar-refractivity contribution in [2.45, 2.75) is 49.3 Å². The lowest BCUT2D eigenvalue weighted by molar-refractivity contribution is -0.137. The van der Waals surface area contributed by atoms with Gasteiger partial charge in [0.1, 0.15) is 0 Å². The molecule has 0 saturated heterocycles. The Bertz CT molecular complexity index is 989. The molecule has 1 heterocycles. The van der Waals surface area contributed by atoms with Crippen LogP contribution in [-0.4, -0.2) is 28.5 Å². The fraction of sp³-hybridized carbons (Fsp3) is 0.364. The number of rotatable bonds is 4. The first-order valence-electron chi connectivity index (χ1n) is 9.80. The first kappa shape index (κ1) is 20.8. The van der Waals surface area contributed by atoms with Crippen LogP contribution in [0.3, 0.4) is 0 Å². The first-order valence-corrected chi connectivity index (χ1v) is 10.8. The van der Waals surface area contributed by atoms with E-state index in [1.165, 1.54) is 6.07 Å². The molecule has 158 valence electrons. The van der Waals surface area contributed by atoms with Crippen LogP contribution >= 0.6 is 11.8 Å². The minimum Gasteiger partial charge on any atom is -0.329 e. The number of carbonyl (C=O) groups excluding carboxylic acids is 2. The van der Waals surface area contributed by atoms with Gasteiger partial charge in [-0.3, -0.25) is 9.59 Å². The quantitative estimate of drug-likeness (QED) is 0.691. The Morgan fingerprint density at radius 1 is 1.20 bits per heavy atom. The fourth-order valence-corrected chi connectivity index (χ4v) is 4.59. The molecule has 1 aliphatic carbocycles. The van der Waals surface area contributed by atoms with Crippen LogP contribution in [0, 0.1) is 0 Å². The van der Waals surface area contributed by atoms with Crippen molar-refractivity contribution < 1.29 is 22.8 Å². The molecule has 2 aromatic rings. The molecule has 0 aromatic heterocycles. The molecule has 2 amide bonds. The van der Waals surface area contributed by atoms with Crippen LogP contribution in [0.25, 0.3) is 0 Å². The summed E-state index contributed by atoms with van der Waals surface area (Å²) >= 11 is 1.55. The van der Waals surface area contributed by atoms with E-state index in [1.807, 2.05) is 6.07 Å². The molecule has 4 nitrogen and oxygen atoms in total. The molecule has 1 N–H and O–H groups in total. The van der Waals surface area contributed by atoms with E-state index in [0.29, 0.717) is 29.0 Å². The monoisotopic (exact) mass is 434 g/mol. The lowest BCUT2D eigenvalue weighted by Gasteiger charge is -2.30. The average molecular weight is 434 g/mol. The van der Waals surface area contributed by atoms with Gasteiger partial charge in [0, 0.05) is 28.7 Å². The highest BCUT2D eigenvalue weighted by Gasteiger charge is 2.38. The number of carbonyl (C=O) groups is 2. The molecule has 0 spiro atoms. The molecule has 4 rings (SSSR count). The van der Waals surface area contributed by atoms with Gasteiger partial charge in [0.25, 0.3) is 5.91 Å². The molecule has 1 atom stereocenters. The number of anilines is 1. The minimum absolute atomic E-state index is 0.00446. The predicted octanol–water partition coefficient (Wildman–Crippen LogP) is 5.51. The Kier molecular flexibility index (Phi) is 5.53. The number of alkyl halides is 3. The van der Waals surface area contributed by atoms with E-state index in [2.05, 4.69) is 5.32 Å². The zero-order valence-electron chi connectivity index (χ0n) is 16.3. The van der Waals surface area contributed by atoms with Crippen molar-refractivity contribution in [3.8, 4) is 0 Å². The van der Waals surface area contributed by atoms with E-state index in [4.69, 9.17) is 0 Å². The van der Waals surface area contributed by atoms with Gasteiger partial charge in [-0.05, 0) is 55.7 Å². The predicted molar refractivity (Wildman–Crippen MR) is 109 cm³/mol. The molecule has 8 heteroatoms. The van der Waals surface area contributed by atoms with Crippen LogP contribution in [0.1, 0.15) is 53.7 Å². The number of hydrogen-bond donors (Lipinski definition) is 1. The van der Waals surface area contributed by atoms with Gasteiger partial charge in [0.05, 0.1) is 17.3 Å². The van der Waals surface area contributed by atoms with Crippen LogP contribution in [0.4, 0.5) is 18.9 Å². The van der Waals surface area contributed by atoms with E-state index in [-0.39, 0.29) is 17.9 Å². The molecule has 0 radical (unpaired) electrons. The SMILES string of the molecule is C[C@@H](c1cccc(C(F)(F)F)c1)N(C(=O)c1ccc2c(c1)NC(=O)CCS2)C1CC1. The fourth-order valence-electron chi connectivity index (χ4n) is 3.65. The Labute approximate surface area is 176 Å². The Balaban J connectivity index is 1.64. The molecule has 2 aromatic carbocycles. The maximum Gasteiger partial charge on any atom is 0.416 e. The van der Waals surface area contributed by atoms with Crippen molar-refractivity contribution in [3.05, 3.63) is 59.2 Å². The van der Waals surface area contributed by atoms with Gasteiger partial charge in [-0.1, -0.05) is 12.1 Å². The molecule has 0 unspecified atom stereocenters. The van der Waals surface area contributed by atoms with Crippen molar-refractivity contribution in [2.24, 2.45) is 0 Å². The highest BCUT2D eigenvalue weighted by atomic mass is 32.2. The summed E-state index contributed by atoms with van der Waals surface area (Å²) in [5.74, 6) is 0.336. The van der Waals surface area contributed by atoms with Crippen molar-refractivity contribution >= 4 is 29.3 Å². The minimum atomic E-state index is -4.43. The van der Waals surface area contributed by atoms with E-state index >= 15 is 0 Å². The van der Waals surface area contributed by atoms with Gasteiger partial charge < -0.3 is 10.2 Å².